The van der Waals surface area contributed by atoms with E-state index in [1.54, 1.807) is 6.07 Å². The van der Waals surface area contributed by atoms with Gasteiger partial charge in [0.2, 0.25) is 5.16 Å². The first-order chi connectivity index (χ1) is 16.0. The maximum atomic E-state index is 13.2. The number of aromatic amines is 1. The van der Waals surface area contributed by atoms with Gasteiger partial charge >= 0.3 is 12.4 Å². The zero-order chi connectivity index (χ0) is 24.5. The molecule has 0 atom stereocenters. The van der Waals surface area contributed by atoms with E-state index in [9.17, 15) is 26.3 Å². The van der Waals surface area contributed by atoms with Gasteiger partial charge in [0, 0.05) is 24.7 Å². The Balaban J connectivity index is 1.63. The molecule has 3 aromatic rings. The summed E-state index contributed by atoms with van der Waals surface area (Å²) in [5.41, 5.74) is -3.25. The Kier molecular flexibility index (Phi) is 6.96. The Morgan fingerprint density at radius 2 is 1.53 bits per heavy atom. The van der Waals surface area contributed by atoms with Gasteiger partial charge < -0.3 is 9.64 Å². The third kappa shape index (κ3) is 5.75. The van der Waals surface area contributed by atoms with Crippen molar-refractivity contribution in [3.8, 4) is 11.4 Å². The molecule has 1 aliphatic rings. The fourth-order valence-corrected chi connectivity index (χ4v) is 4.24. The molecular weight excluding hydrogens is 506 g/mol. The number of nitrogens with one attached hydrogen (secondary N) is 1. The summed E-state index contributed by atoms with van der Waals surface area (Å²) in [4.78, 5) is 15.0. The van der Waals surface area contributed by atoms with E-state index in [2.05, 4.69) is 25.1 Å². The molecule has 15 heteroatoms. The van der Waals surface area contributed by atoms with Crippen LogP contribution in [0.2, 0.25) is 0 Å². The molecule has 4 rings (SSSR count). The normalized spacial score (nSPS) is 15.1. The van der Waals surface area contributed by atoms with E-state index in [1.807, 2.05) is 11.2 Å². The van der Waals surface area contributed by atoms with Gasteiger partial charge in [0.25, 0.3) is 0 Å². The Morgan fingerprint density at radius 1 is 0.882 bits per heavy atom. The van der Waals surface area contributed by atoms with Gasteiger partial charge in [-0.2, -0.15) is 26.3 Å². The highest BCUT2D eigenvalue weighted by molar-refractivity contribution is 7.99. The van der Waals surface area contributed by atoms with E-state index in [1.165, 1.54) is 11.8 Å². The van der Waals surface area contributed by atoms with Crippen LogP contribution in [0, 0.1) is 0 Å². The van der Waals surface area contributed by atoms with Crippen LogP contribution in [0.25, 0.3) is 11.4 Å². The van der Waals surface area contributed by atoms with E-state index in [-0.39, 0.29) is 22.6 Å². The first-order valence-corrected chi connectivity index (χ1v) is 11.7. The lowest BCUT2D eigenvalue weighted by molar-refractivity contribution is -0.143. The van der Waals surface area contributed by atoms with Crippen molar-refractivity contribution in [3.63, 3.8) is 0 Å². The van der Waals surface area contributed by atoms with Crippen LogP contribution in [0.15, 0.2) is 39.6 Å². The van der Waals surface area contributed by atoms with Crippen molar-refractivity contribution >= 4 is 29.3 Å². The number of anilines is 1. The van der Waals surface area contributed by atoms with Crippen LogP contribution in [-0.2, 0) is 17.1 Å². The Bertz CT molecular complexity index is 1130. The number of hydrogen-bond donors (Lipinski definition) is 1. The number of morpholine rings is 1. The van der Waals surface area contributed by atoms with Gasteiger partial charge in [0.1, 0.15) is 10.8 Å². The quantitative estimate of drug-likeness (QED) is 0.217. The summed E-state index contributed by atoms with van der Waals surface area (Å²) in [6.45, 7) is 2.41. The average molecular weight is 523 g/mol. The first kappa shape index (κ1) is 24.6. The minimum Gasteiger partial charge on any atom is -0.378 e. The molecule has 1 aromatic carbocycles. The van der Waals surface area contributed by atoms with Gasteiger partial charge in [-0.15, -0.1) is 5.10 Å². The zero-order valence-electron chi connectivity index (χ0n) is 17.4. The summed E-state index contributed by atoms with van der Waals surface area (Å²) in [5.74, 6) is 0.445. The molecule has 182 valence electrons. The fraction of sp³-hybridized carbons (Fsp3) is 0.368. The van der Waals surface area contributed by atoms with E-state index in [0.717, 1.165) is 11.8 Å². The van der Waals surface area contributed by atoms with Crippen LogP contribution in [0.4, 0.5) is 32.2 Å². The van der Waals surface area contributed by atoms with Crippen molar-refractivity contribution in [2.45, 2.75) is 27.7 Å². The van der Waals surface area contributed by atoms with Crippen LogP contribution in [0.3, 0.4) is 0 Å². The molecule has 1 fully saturated rings. The van der Waals surface area contributed by atoms with Crippen LogP contribution >= 0.6 is 23.5 Å². The number of thioether (sulfide) groups is 1. The zero-order valence-corrected chi connectivity index (χ0v) is 19.0. The van der Waals surface area contributed by atoms with Crippen LogP contribution in [0.1, 0.15) is 11.1 Å². The summed E-state index contributed by atoms with van der Waals surface area (Å²) >= 11 is 2.34. The highest BCUT2D eigenvalue weighted by Crippen LogP contribution is 2.38. The van der Waals surface area contributed by atoms with Crippen LogP contribution < -0.4 is 4.90 Å². The SMILES string of the molecule is CSc1nc(Sc2n[nH]c(-c3cc(C(F)(F)F)cc(C(F)(F)F)c3)n2)cc(N2CCOCC2)n1. The molecule has 0 spiro atoms. The predicted molar refractivity (Wildman–Crippen MR) is 113 cm³/mol. The van der Waals surface area contributed by atoms with Crippen molar-refractivity contribution in [2.75, 3.05) is 37.5 Å². The highest BCUT2D eigenvalue weighted by atomic mass is 32.2. The molecular formula is C19H16F6N6OS2. The summed E-state index contributed by atoms with van der Waals surface area (Å²) in [5, 5.41) is 7.40. The van der Waals surface area contributed by atoms with Gasteiger partial charge in [-0.3, -0.25) is 5.10 Å². The summed E-state index contributed by atoms with van der Waals surface area (Å²) in [6, 6.07) is 2.97. The smallest absolute Gasteiger partial charge is 0.378 e. The van der Waals surface area contributed by atoms with E-state index >= 15 is 0 Å². The second-order valence-corrected chi connectivity index (χ2v) is 8.77. The third-order valence-electron chi connectivity index (χ3n) is 4.71. The fourth-order valence-electron chi connectivity index (χ4n) is 3.10. The number of halogens is 6. The standard InChI is InChI=1S/C19H16F6N6OS2/c1-33-16-26-13(31-2-4-32-5-3-31)9-14(27-16)34-17-28-15(29-30-17)10-6-11(18(20,21)22)8-12(7-10)19(23,24)25/h6-9H,2-5H2,1H3,(H,28,29,30). The van der Waals surface area contributed by atoms with Gasteiger partial charge in [-0.25, -0.2) is 15.0 Å². The van der Waals surface area contributed by atoms with Crippen molar-refractivity contribution in [3.05, 3.63) is 35.4 Å². The second kappa shape index (κ2) is 9.62. The molecule has 3 heterocycles. The number of aromatic nitrogens is 5. The molecule has 2 aromatic heterocycles. The van der Waals surface area contributed by atoms with E-state index in [0.29, 0.717) is 54.4 Å². The summed E-state index contributed by atoms with van der Waals surface area (Å²) in [6.07, 6.45) is -8.11. The number of benzene rings is 1. The lowest BCUT2D eigenvalue weighted by Gasteiger charge is -2.28. The maximum Gasteiger partial charge on any atom is 0.416 e. The molecule has 1 aliphatic heterocycles. The Morgan fingerprint density at radius 3 is 2.12 bits per heavy atom. The number of H-pyrrole nitrogens is 1. The number of nitrogens with zero attached hydrogens (tertiary/aromatic N) is 5. The molecule has 0 aliphatic carbocycles. The summed E-state index contributed by atoms with van der Waals surface area (Å²) < 4.78 is 84.3. The lowest BCUT2D eigenvalue weighted by Crippen LogP contribution is -2.36. The minimum absolute atomic E-state index is 0.0630. The van der Waals surface area contributed by atoms with Crippen LogP contribution in [-0.4, -0.2) is 57.7 Å². The molecule has 0 radical (unpaired) electrons. The maximum absolute atomic E-state index is 13.2. The van der Waals surface area contributed by atoms with E-state index in [4.69, 9.17) is 4.74 Å². The molecule has 7 nitrogen and oxygen atoms in total. The van der Waals surface area contributed by atoms with Gasteiger partial charge in [0.05, 0.1) is 24.3 Å². The number of alkyl halides is 6. The molecule has 0 unspecified atom stereocenters. The van der Waals surface area contributed by atoms with E-state index < -0.39 is 23.5 Å². The van der Waals surface area contributed by atoms with Gasteiger partial charge in [-0.1, -0.05) is 11.8 Å². The monoisotopic (exact) mass is 522 g/mol. The van der Waals surface area contributed by atoms with Gasteiger partial charge in [-0.05, 0) is 36.2 Å². The number of hydrogen-bond acceptors (Lipinski definition) is 8. The number of rotatable bonds is 5. The Labute approximate surface area is 197 Å². The molecule has 0 saturated carbocycles. The topological polar surface area (TPSA) is 79.8 Å². The molecule has 1 N–H and O–H groups in total. The Hall–Kier alpha value is -2.52. The largest absolute Gasteiger partial charge is 0.416 e. The third-order valence-corrected chi connectivity index (χ3v) is 6.04. The minimum atomic E-state index is -4.96. The second-order valence-electron chi connectivity index (χ2n) is 7.01. The number of ether oxygens (including phenoxy) is 1. The lowest BCUT2D eigenvalue weighted by atomic mass is 10.0. The van der Waals surface area contributed by atoms with Gasteiger partial charge in [0.15, 0.2) is 11.0 Å². The van der Waals surface area contributed by atoms with Crippen LogP contribution in [0.5, 0.6) is 0 Å². The van der Waals surface area contributed by atoms with Crippen molar-refractivity contribution in [1.29, 1.82) is 0 Å². The molecule has 0 amide bonds. The highest BCUT2D eigenvalue weighted by Gasteiger charge is 2.37. The van der Waals surface area contributed by atoms with Crippen molar-refractivity contribution < 1.29 is 31.1 Å². The average Bonchev–Trinajstić information content (AvgIpc) is 3.26. The van der Waals surface area contributed by atoms with Crippen molar-refractivity contribution in [1.82, 2.24) is 25.1 Å². The summed E-state index contributed by atoms with van der Waals surface area (Å²) in [7, 11) is 0. The predicted octanol–water partition coefficient (Wildman–Crippen LogP) is 5.01. The molecule has 34 heavy (non-hydrogen) atoms. The first-order valence-electron chi connectivity index (χ1n) is 9.69. The molecule has 1 saturated heterocycles. The van der Waals surface area contributed by atoms with Crippen molar-refractivity contribution in [2.24, 2.45) is 0 Å². The molecule has 0 bridgehead atoms.